The molecule has 1 unspecified atom stereocenters. The molecule has 1 atom stereocenters. The zero-order chi connectivity index (χ0) is 26.5. The maximum Gasteiger partial charge on any atom is 0.287 e. The highest BCUT2D eigenvalue weighted by molar-refractivity contribution is 8.15. The van der Waals surface area contributed by atoms with Crippen LogP contribution in [-0.2, 0) is 16.0 Å². The molecule has 0 saturated carbocycles. The quantitative estimate of drug-likeness (QED) is 0.211. The third kappa shape index (κ3) is 5.27. The summed E-state index contributed by atoms with van der Waals surface area (Å²) >= 11 is 0.995. The molecule has 4 aromatic rings. The van der Waals surface area contributed by atoms with E-state index in [-0.39, 0.29) is 11.1 Å². The number of unbranched alkanes of at least 4 members (excludes halogenated alkanes) is 1. The number of thioether (sulfide) groups is 1. The van der Waals surface area contributed by atoms with Crippen LogP contribution in [-0.4, -0.2) is 29.5 Å². The van der Waals surface area contributed by atoms with Gasteiger partial charge in [-0.25, -0.2) is 0 Å². The lowest BCUT2D eigenvalue weighted by Crippen LogP contribution is -2.31. The second-order valence-electron chi connectivity index (χ2n) is 9.37. The van der Waals surface area contributed by atoms with Gasteiger partial charge in [0.1, 0.15) is 21.8 Å². The lowest BCUT2D eigenvalue weighted by atomic mass is 9.98. The van der Waals surface area contributed by atoms with Crippen LogP contribution in [0, 0.1) is 0 Å². The van der Waals surface area contributed by atoms with E-state index in [4.69, 9.17) is 14.0 Å². The molecular formula is C30H30N2O5S. The van der Waals surface area contributed by atoms with Gasteiger partial charge in [-0.2, -0.15) is 0 Å². The zero-order valence-corrected chi connectivity index (χ0v) is 22.3. The van der Waals surface area contributed by atoms with Gasteiger partial charge in [0, 0.05) is 16.5 Å². The smallest absolute Gasteiger partial charge is 0.287 e. The Kier molecular flexibility index (Phi) is 7.69. The minimum absolute atomic E-state index is 0.301. The minimum atomic E-state index is -0.937. The summed E-state index contributed by atoms with van der Waals surface area (Å²) in [7, 11) is 0. The van der Waals surface area contributed by atoms with E-state index in [1.807, 2.05) is 60.7 Å². The second-order valence-corrected chi connectivity index (χ2v) is 10.8. The van der Waals surface area contributed by atoms with Gasteiger partial charge in [0.15, 0.2) is 5.76 Å². The first-order chi connectivity index (χ1) is 18.5. The van der Waals surface area contributed by atoms with E-state index in [0.717, 1.165) is 76.5 Å². The Labute approximate surface area is 225 Å². The van der Waals surface area contributed by atoms with Crippen molar-refractivity contribution in [2.24, 2.45) is 0 Å². The van der Waals surface area contributed by atoms with E-state index in [2.05, 4.69) is 23.5 Å². The number of ether oxygens (including phenoxy) is 2. The van der Waals surface area contributed by atoms with Crippen LogP contribution in [0.3, 0.4) is 0 Å². The number of amides is 2. The molecule has 196 valence electrons. The van der Waals surface area contributed by atoms with Crippen molar-refractivity contribution in [1.82, 2.24) is 10.5 Å². The fourth-order valence-electron chi connectivity index (χ4n) is 4.62. The van der Waals surface area contributed by atoms with E-state index in [0.29, 0.717) is 19.0 Å². The molecule has 1 aliphatic heterocycles. The number of carbonyl (C=O) groups excluding carboxylic acids is 2. The van der Waals surface area contributed by atoms with E-state index in [9.17, 15) is 9.59 Å². The first-order valence-corrected chi connectivity index (χ1v) is 13.7. The Morgan fingerprint density at radius 3 is 2.55 bits per heavy atom. The van der Waals surface area contributed by atoms with E-state index >= 15 is 0 Å². The fourth-order valence-corrected chi connectivity index (χ4v) is 5.53. The molecule has 1 fully saturated rings. The first kappa shape index (κ1) is 25.9. The Morgan fingerprint density at radius 2 is 1.76 bits per heavy atom. The zero-order valence-electron chi connectivity index (χ0n) is 21.5. The molecule has 1 aliphatic rings. The van der Waals surface area contributed by atoms with Gasteiger partial charge in [-0.05, 0) is 73.8 Å². The van der Waals surface area contributed by atoms with Gasteiger partial charge in [-0.1, -0.05) is 54.9 Å². The van der Waals surface area contributed by atoms with Crippen LogP contribution in [0.15, 0.2) is 71.3 Å². The van der Waals surface area contributed by atoms with Crippen LogP contribution >= 0.6 is 11.8 Å². The topological polar surface area (TPSA) is 90.7 Å². The molecule has 2 heterocycles. The summed E-state index contributed by atoms with van der Waals surface area (Å²) in [5.41, 5.74) is 3.74. The van der Waals surface area contributed by atoms with E-state index < -0.39 is 4.75 Å². The molecule has 1 aromatic heterocycles. The maximum atomic E-state index is 12.3. The summed E-state index contributed by atoms with van der Waals surface area (Å²) in [6, 6.07) is 21.4. The van der Waals surface area contributed by atoms with Crippen molar-refractivity contribution in [3.63, 3.8) is 0 Å². The van der Waals surface area contributed by atoms with E-state index in [1.54, 1.807) is 6.92 Å². The van der Waals surface area contributed by atoms with Crippen molar-refractivity contribution >= 4 is 33.8 Å². The number of nitrogens with zero attached hydrogens (tertiary/aromatic N) is 1. The third-order valence-corrected chi connectivity index (χ3v) is 7.77. The molecule has 1 saturated heterocycles. The van der Waals surface area contributed by atoms with Gasteiger partial charge in [0.2, 0.25) is 5.91 Å². The van der Waals surface area contributed by atoms with Crippen molar-refractivity contribution in [1.29, 1.82) is 0 Å². The molecule has 0 radical (unpaired) electrons. The maximum absolute atomic E-state index is 12.3. The van der Waals surface area contributed by atoms with Gasteiger partial charge in [0.25, 0.3) is 5.24 Å². The second kappa shape index (κ2) is 11.3. The molecule has 7 nitrogen and oxygen atoms in total. The number of nitrogens with one attached hydrogen (secondary N) is 1. The summed E-state index contributed by atoms with van der Waals surface area (Å²) in [6.07, 6.45) is 3.50. The number of imide groups is 1. The lowest BCUT2D eigenvalue weighted by Gasteiger charge is -2.19. The van der Waals surface area contributed by atoms with Crippen molar-refractivity contribution in [3.8, 4) is 22.8 Å². The molecule has 3 aromatic carbocycles. The summed E-state index contributed by atoms with van der Waals surface area (Å²) < 4.78 is 17.0. The van der Waals surface area contributed by atoms with Gasteiger partial charge in [0.05, 0.1) is 13.2 Å². The number of rotatable bonds is 11. The van der Waals surface area contributed by atoms with Crippen LogP contribution in [0.5, 0.6) is 11.5 Å². The predicted molar refractivity (Wildman–Crippen MR) is 149 cm³/mol. The van der Waals surface area contributed by atoms with Crippen molar-refractivity contribution < 1.29 is 23.6 Å². The lowest BCUT2D eigenvalue weighted by molar-refractivity contribution is -0.121. The largest absolute Gasteiger partial charge is 0.494 e. The molecule has 0 spiro atoms. The molecule has 8 heteroatoms. The normalized spacial score (nSPS) is 17.1. The molecule has 0 bridgehead atoms. The van der Waals surface area contributed by atoms with Crippen LogP contribution in [0.25, 0.3) is 22.2 Å². The SMILES string of the molecule is CCCc1c(OCCCCOc2cccc(C3(C)SC(=O)NC3=O)c2)cccc1-c1onc2ccccc12. The molecule has 1 N–H and O–H groups in total. The summed E-state index contributed by atoms with van der Waals surface area (Å²) in [5.74, 6) is 2.02. The van der Waals surface area contributed by atoms with Crippen LogP contribution in [0.1, 0.15) is 44.2 Å². The molecule has 2 amide bonds. The van der Waals surface area contributed by atoms with Gasteiger partial charge < -0.3 is 14.0 Å². The van der Waals surface area contributed by atoms with Gasteiger partial charge in [-0.3, -0.25) is 14.9 Å². The number of hydrogen-bond donors (Lipinski definition) is 1. The van der Waals surface area contributed by atoms with Crippen LogP contribution < -0.4 is 14.8 Å². The average Bonchev–Trinajstić information content (AvgIpc) is 3.47. The highest BCUT2D eigenvalue weighted by Gasteiger charge is 2.45. The standard InChI is InChI=1S/C30H30N2O5S/c1-3-10-22-23(27-24-13-4-5-15-25(24)32-37-27)14-9-16-26(22)36-18-7-6-17-35-21-12-8-11-20(19-21)30(2)28(33)31-29(34)38-30/h4-5,8-9,11-16,19H,3,6-7,10,17-18H2,1-2H3,(H,31,33,34). The van der Waals surface area contributed by atoms with Crippen molar-refractivity contribution in [2.75, 3.05) is 13.2 Å². The molecule has 38 heavy (non-hydrogen) atoms. The van der Waals surface area contributed by atoms with E-state index in [1.165, 1.54) is 0 Å². The minimum Gasteiger partial charge on any atom is -0.494 e. The Hall–Kier alpha value is -3.78. The van der Waals surface area contributed by atoms with Crippen molar-refractivity contribution in [2.45, 2.75) is 44.3 Å². The van der Waals surface area contributed by atoms with Crippen molar-refractivity contribution in [3.05, 3.63) is 77.9 Å². The highest BCUT2D eigenvalue weighted by atomic mass is 32.2. The monoisotopic (exact) mass is 530 g/mol. The highest BCUT2D eigenvalue weighted by Crippen LogP contribution is 2.42. The Morgan fingerprint density at radius 1 is 0.974 bits per heavy atom. The Bertz CT molecular complexity index is 1470. The number of carbonyl (C=O) groups is 2. The number of hydrogen-bond acceptors (Lipinski definition) is 7. The molecular weight excluding hydrogens is 500 g/mol. The number of aromatic nitrogens is 1. The fraction of sp³-hybridized carbons (Fsp3) is 0.300. The first-order valence-electron chi connectivity index (χ1n) is 12.9. The summed E-state index contributed by atoms with van der Waals surface area (Å²) in [6.45, 7) is 4.99. The summed E-state index contributed by atoms with van der Waals surface area (Å²) in [4.78, 5) is 23.9. The number of fused-ring (bicyclic) bond motifs is 1. The third-order valence-electron chi connectivity index (χ3n) is 6.66. The summed E-state index contributed by atoms with van der Waals surface area (Å²) in [5, 5.41) is 7.25. The molecule has 0 aliphatic carbocycles. The van der Waals surface area contributed by atoms with Gasteiger partial charge in [-0.15, -0.1) is 0 Å². The number of benzene rings is 3. The molecule has 5 rings (SSSR count). The van der Waals surface area contributed by atoms with Crippen LogP contribution in [0.2, 0.25) is 0 Å². The van der Waals surface area contributed by atoms with Crippen LogP contribution in [0.4, 0.5) is 4.79 Å². The average molecular weight is 531 g/mol. The predicted octanol–water partition coefficient (Wildman–Crippen LogP) is 6.88. The Balaban J connectivity index is 1.17. The van der Waals surface area contributed by atoms with Gasteiger partial charge >= 0.3 is 0 Å².